The smallest absolute Gasteiger partial charge is 0.275 e. The molecule has 0 spiro atoms. The van der Waals surface area contributed by atoms with E-state index in [1.54, 1.807) is 15.7 Å². The molecule has 15 heteroatoms. The van der Waals surface area contributed by atoms with Crippen LogP contribution >= 0.6 is 22.7 Å². The Kier molecular flexibility index (Phi) is 12.0. The van der Waals surface area contributed by atoms with Gasteiger partial charge in [0.2, 0.25) is 11.8 Å². The molecule has 4 heterocycles. The predicted octanol–water partition coefficient (Wildman–Crippen LogP) is 4.02. The zero-order valence-electron chi connectivity index (χ0n) is 26.9. The summed E-state index contributed by atoms with van der Waals surface area (Å²) in [6.07, 6.45) is 3.41. The van der Waals surface area contributed by atoms with Gasteiger partial charge in [0.15, 0.2) is 5.69 Å². The zero-order valence-corrected chi connectivity index (χ0v) is 28.6. The maximum absolute atomic E-state index is 13.5. The Labute approximate surface area is 286 Å². The molecule has 1 aliphatic heterocycles. The molecular weight excluding hydrogens is 653 g/mol. The second kappa shape index (κ2) is 16.6. The summed E-state index contributed by atoms with van der Waals surface area (Å²) in [6.45, 7) is 5.08. The van der Waals surface area contributed by atoms with Crippen molar-refractivity contribution >= 4 is 46.3 Å². The summed E-state index contributed by atoms with van der Waals surface area (Å²) in [5.74, 6) is -0.738. The average molecular weight is 693 g/mol. The minimum Gasteiger partial charge on any atom is -0.447 e. The number of rotatable bonds is 6. The van der Waals surface area contributed by atoms with E-state index in [-0.39, 0.29) is 78.1 Å². The summed E-state index contributed by atoms with van der Waals surface area (Å²) in [4.78, 5) is 68.1. The van der Waals surface area contributed by atoms with E-state index >= 15 is 0 Å². The SMILES string of the molecule is CC(C)CC1NC(=O)CCCN(C(=O)c2coc(CN)n2)CCCNC(=O)c2csc(n2)[C@H](Cc2ccccc2)NC(=O)c2csc1n2. The van der Waals surface area contributed by atoms with Crippen LogP contribution in [0.15, 0.2) is 51.8 Å². The number of oxazole rings is 1. The topological polar surface area (TPSA) is 185 Å². The van der Waals surface area contributed by atoms with Crippen LogP contribution < -0.4 is 21.7 Å². The lowest BCUT2D eigenvalue weighted by Crippen LogP contribution is -2.36. The number of nitrogens with two attached hydrogens (primary N) is 1. The van der Waals surface area contributed by atoms with Crippen molar-refractivity contribution in [1.82, 2.24) is 35.8 Å². The molecule has 13 nitrogen and oxygen atoms in total. The standard InChI is InChI=1S/C33H40N8O5S2/c1-20(2)14-22-31-40-26(19-48-31)30(44)38-23(15-21-8-4-3-5-9-21)32-39-25(18-47-32)29(43)35-11-7-13-41(12-6-10-27(42)36-22)33(45)24-17-46-28(16-34)37-24/h3-5,8-9,17-20,22-23H,6-7,10-16,34H2,1-2H3,(H,35,43)(H,36,42)(H,38,44)/t22?,23-/m0/s1. The van der Waals surface area contributed by atoms with Gasteiger partial charge in [-0.2, -0.15) is 0 Å². The summed E-state index contributed by atoms with van der Waals surface area (Å²) in [6, 6.07) is 8.85. The van der Waals surface area contributed by atoms with Gasteiger partial charge in [0, 0.05) is 36.8 Å². The van der Waals surface area contributed by atoms with Crippen molar-refractivity contribution in [1.29, 1.82) is 0 Å². The van der Waals surface area contributed by atoms with E-state index in [0.29, 0.717) is 48.8 Å². The van der Waals surface area contributed by atoms with Gasteiger partial charge in [0.1, 0.15) is 27.7 Å². The normalized spacial score (nSPS) is 18.5. The molecule has 4 aromatic rings. The molecule has 48 heavy (non-hydrogen) atoms. The fraction of sp³-hybridized carbons (Fsp3) is 0.424. The minimum atomic E-state index is -0.507. The fourth-order valence-electron chi connectivity index (χ4n) is 5.32. The number of carbonyl (C=O) groups is 4. The van der Waals surface area contributed by atoms with Crippen LogP contribution in [0, 0.1) is 5.92 Å². The highest BCUT2D eigenvalue weighted by molar-refractivity contribution is 7.10. The Morgan fingerprint density at radius 3 is 2.33 bits per heavy atom. The van der Waals surface area contributed by atoms with Crippen molar-refractivity contribution < 1.29 is 23.6 Å². The number of benzene rings is 1. The molecule has 1 aromatic carbocycles. The predicted molar refractivity (Wildman–Crippen MR) is 181 cm³/mol. The van der Waals surface area contributed by atoms with Crippen molar-refractivity contribution in [2.45, 2.75) is 64.6 Å². The highest BCUT2D eigenvalue weighted by Crippen LogP contribution is 2.27. The molecule has 0 fully saturated rings. The molecular formula is C33H40N8O5S2. The third-order valence-electron chi connectivity index (χ3n) is 7.69. The molecule has 0 saturated carbocycles. The monoisotopic (exact) mass is 692 g/mol. The summed E-state index contributed by atoms with van der Waals surface area (Å²) < 4.78 is 5.27. The first-order chi connectivity index (χ1) is 23.2. The third-order valence-corrected chi connectivity index (χ3v) is 9.61. The number of aromatic nitrogens is 3. The van der Waals surface area contributed by atoms with Gasteiger partial charge in [-0.25, -0.2) is 15.0 Å². The molecule has 4 amide bonds. The average Bonchev–Trinajstić information content (AvgIpc) is 3.86. The van der Waals surface area contributed by atoms with Gasteiger partial charge in [-0.15, -0.1) is 22.7 Å². The van der Waals surface area contributed by atoms with Crippen LogP contribution in [-0.2, 0) is 17.8 Å². The maximum Gasteiger partial charge on any atom is 0.275 e. The van der Waals surface area contributed by atoms with E-state index in [0.717, 1.165) is 5.56 Å². The Balaban J connectivity index is 1.41. The summed E-state index contributed by atoms with van der Waals surface area (Å²) in [7, 11) is 0. The maximum atomic E-state index is 13.5. The fourth-order valence-corrected chi connectivity index (χ4v) is 7.03. The van der Waals surface area contributed by atoms with Crippen LogP contribution in [0.4, 0.5) is 0 Å². The van der Waals surface area contributed by atoms with Crippen LogP contribution in [0.2, 0.25) is 0 Å². The molecule has 1 aliphatic rings. The third kappa shape index (κ3) is 9.33. The van der Waals surface area contributed by atoms with Crippen LogP contribution in [-0.4, -0.2) is 63.1 Å². The number of amides is 4. The van der Waals surface area contributed by atoms with Gasteiger partial charge in [-0.3, -0.25) is 19.2 Å². The van der Waals surface area contributed by atoms with Crippen molar-refractivity contribution in [3.05, 3.63) is 85.9 Å². The Hall–Kier alpha value is -4.47. The lowest BCUT2D eigenvalue weighted by atomic mass is 10.0. The van der Waals surface area contributed by atoms with E-state index in [1.807, 2.05) is 30.3 Å². The van der Waals surface area contributed by atoms with E-state index in [1.165, 1.54) is 28.9 Å². The number of fused-ring (bicyclic) bond motifs is 4. The molecule has 4 bridgehead atoms. The van der Waals surface area contributed by atoms with E-state index in [9.17, 15) is 19.2 Å². The molecule has 254 valence electrons. The highest BCUT2D eigenvalue weighted by atomic mass is 32.1. The van der Waals surface area contributed by atoms with E-state index < -0.39 is 6.04 Å². The van der Waals surface area contributed by atoms with Crippen LogP contribution in [0.3, 0.4) is 0 Å². The highest BCUT2D eigenvalue weighted by Gasteiger charge is 2.26. The van der Waals surface area contributed by atoms with Gasteiger partial charge in [-0.1, -0.05) is 44.2 Å². The number of nitrogens with zero attached hydrogens (tertiary/aromatic N) is 4. The molecule has 0 aliphatic carbocycles. The Morgan fingerprint density at radius 1 is 0.958 bits per heavy atom. The first-order valence-corrected chi connectivity index (χ1v) is 17.7. The van der Waals surface area contributed by atoms with Crippen LogP contribution in [0.5, 0.6) is 0 Å². The lowest BCUT2D eigenvalue weighted by molar-refractivity contribution is -0.122. The Morgan fingerprint density at radius 2 is 1.65 bits per heavy atom. The van der Waals surface area contributed by atoms with Gasteiger partial charge in [0.25, 0.3) is 17.7 Å². The molecule has 2 atom stereocenters. The van der Waals surface area contributed by atoms with Crippen molar-refractivity contribution in [2.75, 3.05) is 19.6 Å². The van der Waals surface area contributed by atoms with Gasteiger partial charge in [0.05, 0.1) is 18.6 Å². The summed E-state index contributed by atoms with van der Waals surface area (Å²) in [5, 5.41) is 13.7. The van der Waals surface area contributed by atoms with Crippen LogP contribution in [0.25, 0.3) is 0 Å². The molecule has 5 N–H and O–H groups in total. The van der Waals surface area contributed by atoms with Crippen molar-refractivity contribution in [2.24, 2.45) is 11.7 Å². The number of hydrogen-bond acceptors (Lipinski definition) is 11. The van der Waals surface area contributed by atoms with Gasteiger partial charge in [-0.05, 0) is 37.2 Å². The molecule has 1 unspecified atom stereocenters. The molecule has 0 saturated heterocycles. The summed E-state index contributed by atoms with van der Waals surface area (Å²) in [5.41, 5.74) is 7.23. The second-order valence-corrected chi connectivity index (χ2v) is 13.7. The quantitative estimate of drug-likeness (QED) is 0.232. The van der Waals surface area contributed by atoms with E-state index in [4.69, 9.17) is 10.2 Å². The van der Waals surface area contributed by atoms with Crippen LogP contribution in [0.1, 0.15) is 105 Å². The van der Waals surface area contributed by atoms with E-state index in [2.05, 4.69) is 44.7 Å². The molecule has 3 aromatic heterocycles. The first kappa shape index (κ1) is 34.9. The summed E-state index contributed by atoms with van der Waals surface area (Å²) >= 11 is 2.62. The zero-order chi connectivity index (χ0) is 34.0. The largest absolute Gasteiger partial charge is 0.447 e. The Bertz CT molecular complexity index is 1700. The number of carbonyl (C=O) groups excluding carboxylic acids is 4. The molecule has 5 rings (SSSR count). The van der Waals surface area contributed by atoms with Gasteiger partial charge < -0.3 is 31.0 Å². The number of thiazole rings is 2. The van der Waals surface area contributed by atoms with Crippen molar-refractivity contribution in [3.8, 4) is 0 Å². The first-order valence-electron chi connectivity index (χ1n) is 16.0. The lowest BCUT2D eigenvalue weighted by Gasteiger charge is -2.22. The second-order valence-electron chi connectivity index (χ2n) is 11.9. The number of hydrogen-bond donors (Lipinski definition) is 4. The van der Waals surface area contributed by atoms with Crippen molar-refractivity contribution in [3.63, 3.8) is 0 Å². The van der Waals surface area contributed by atoms with Gasteiger partial charge >= 0.3 is 0 Å². The minimum absolute atomic E-state index is 0.0627. The number of nitrogens with one attached hydrogen (secondary N) is 3. The molecule has 0 radical (unpaired) electrons.